The number of hydrogen-bond acceptors (Lipinski definition) is 4. The van der Waals surface area contributed by atoms with Crippen LogP contribution in [0.25, 0.3) is 0 Å². The molecule has 1 aromatic heterocycles. The molecule has 0 radical (unpaired) electrons. The lowest BCUT2D eigenvalue weighted by Gasteiger charge is -2.17. The molecule has 3 rings (SSSR count). The average molecular weight is 268 g/mol. The summed E-state index contributed by atoms with van der Waals surface area (Å²) < 4.78 is 0. The minimum absolute atomic E-state index is 0.0323. The number of anilines is 4. The van der Waals surface area contributed by atoms with E-state index in [1.807, 2.05) is 38.2 Å². The summed E-state index contributed by atoms with van der Waals surface area (Å²) >= 11 is 0. The van der Waals surface area contributed by atoms with E-state index in [1.54, 1.807) is 11.1 Å². The first kappa shape index (κ1) is 12.5. The number of aryl methyl sites for hydroxylation is 1. The molecular formula is C15H16N4O. The highest BCUT2D eigenvalue weighted by Gasteiger charge is 2.29. The number of nitrogens with two attached hydrogens (primary N) is 1. The lowest BCUT2D eigenvalue weighted by molar-refractivity contribution is -0.116. The molecule has 0 unspecified atom stereocenters. The van der Waals surface area contributed by atoms with Gasteiger partial charge in [-0.15, -0.1) is 0 Å². The lowest BCUT2D eigenvalue weighted by atomic mass is 10.1. The van der Waals surface area contributed by atoms with Crippen molar-refractivity contribution in [3.05, 3.63) is 41.6 Å². The third-order valence-electron chi connectivity index (χ3n) is 3.57. The van der Waals surface area contributed by atoms with E-state index in [4.69, 9.17) is 5.73 Å². The maximum atomic E-state index is 12.3. The van der Waals surface area contributed by atoms with Gasteiger partial charge < -0.3 is 11.1 Å². The van der Waals surface area contributed by atoms with E-state index < -0.39 is 0 Å². The lowest BCUT2D eigenvalue weighted by Crippen LogP contribution is -2.22. The van der Waals surface area contributed by atoms with Gasteiger partial charge in [-0.1, -0.05) is 0 Å². The molecule has 5 nitrogen and oxygen atoms in total. The van der Waals surface area contributed by atoms with Crippen molar-refractivity contribution in [2.45, 2.75) is 13.3 Å². The Kier molecular flexibility index (Phi) is 2.82. The number of benzene rings is 1. The Bertz CT molecular complexity index is 696. The zero-order valence-corrected chi connectivity index (χ0v) is 11.5. The Hall–Kier alpha value is -2.56. The van der Waals surface area contributed by atoms with Gasteiger partial charge in [-0.3, -0.25) is 9.69 Å². The van der Waals surface area contributed by atoms with Crippen LogP contribution >= 0.6 is 0 Å². The van der Waals surface area contributed by atoms with E-state index in [0.29, 0.717) is 17.9 Å². The number of fused-ring (bicyclic) bond motifs is 1. The highest BCUT2D eigenvalue weighted by molar-refractivity contribution is 6.07. The molecule has 102 valence electrons. The van der Waals surface area contributed by atoms with Gasteiger partial charge in [-0.25, -0.2) is 4.98 Å². The molecule has 2 aromatic rings. The first-order chi connectivity index (χ1) is 9.60. The van der Waals surface area contributed by atoms with Crippen LogP contribution in [0.1, 0.15) is 11.1 Å². The molecule has 20 heavy (non-hydrogen) atoms. The number of carbonyl (C=O) groups excluding carboxylic acids is 1. The number of carbonyl (C=O) groups is 1. The molecule has 0 aliphatic carbocycles. The Balaban J connectivity index is 2.07. The monoisotopic (exact) mass is 268 g/mol. The fourth-order valence-electron chi connectivity index (χ4n) is 2.40. The van der Waals surface area contributed by atoms with Crippen LogP contribution in [-0.2, 0) is 11.2 Å². The van der Waals surface area contributed by atoms with Crippen molar-refractivity contribution in [2.75, 3.05) is 23.0 Å². The van der Waals surface area contributed by atoms with Crippen molar-refractivity contribution in [2.24, 2.45) is 0 Å². The summed E-state index contributed by atoms with van der Waals surface area (Å²) in [6.07, 6.45) is 1.99. The summed E-state index contributed by atoms with van der Waals surface area (Å²) in [5, 5.41) is 3.08. The van der Waals surface area contributed by atoms with E-state index in [-0.39, 0.29) is 5.91 Å². The third-order valence-corrected chi connectivity index (χ3v) is 3.57. The zero-order chi connectivity index (χ0) is 14.3. The summed E-state index contributed by atoms with van der Waals surface area (Å²) in [7, 11) is 1.86. The number of nitrogen functional groups attached to an aromatic ring is 1. The van der Waals surface area contributed by atoms with Crippen LogP contribution in [0.4, 0.5) is 22.9 Å². The van der Waals surface area contributed by atoms with Crippen molar-refractivity contribution in [3.63, 3.8) is 0 Å². The molecule has 1 amide bonds. The molecule has 0 atom stereocenters. The minimum atomic E-state index is 0.0323. The predicted octanol–water partition coefficient (Wildman–Crippen LogP) is 2.23. The molecule has 1 aliphatic heterocycles. The van der Waals surface area contributed by atoms with Gasteiger partial charge in [-0.2, -0.15) is 0 Å². The Morgan fingerprint density at radius 1 is 1.35 bits per heavy atom. The number of amides is 1. The van der Waals surface area contributed by atoms with Crippen molar-refractivity contribution < 1.29 is 4.79 Å². The molecule has 0 saturated carbocycles. The number of aromatic nitrogens is 1. The first-order valence-electron chi connectivity index (χ1n) is 6.46. The number of hydrogen-bond donors (Lipinski definition) is 2. The number of rotatable bonds is 2. The number of nitrogens with one attached hydrogen (secondary N) is 1. The number of nitrogens with zero attached hydrogens (tertiary/aromatic N) is 2. The van der Waals surface area contributed by atoms with Crippen LogP contribution < -0.4 is 16.0 Å². The second kappa shape index (κ2) is 4.52. The quantitative estimate of drug-likeness (QED) is 0.876. The summed E-state index contributed by atoms with van der Waals surface area (Å²) in [5.74, 6) is 0.655. The van der Waals surface area contributed by atoms with E-state index in [0.717, 1.165) is 22.5 Å². The van der Waals surface area contributed by atoms with Crippen LogP contribution in [0.15, 0.2) is 30.5 Å². The molecule has 0 saturated heterocycles. The number of pyridine rings is 1. The van der Waals surface area contributed by atoms with Gasteiger partial charge in [0.25, 0.3) is 0 Å². The van der Waals surface area contributed by atoms with E-state index in [2.05, 4.69) is 10.3 Å². The van der Waals surface area contributed by atoms with Gasteiger partial charge in [0, 0.05) is 12.7 Å². The second-order valence-electron chi connectivity index (χ2n) is 4.90. The van der Waals surface area contributed by atoms with Crippen LogP contribution in [0.2, 0.25) is 0 Å². The molecule has 1 aliphatic rings. The Morgan fingerprint density at radius 2 is 2.15 bits per heavy atom. The summed E-state index contributed by atoms with van der Waals surface area (Å²) in [5.41, 5.74) is 10.2. The molecule has 2 heterocycles. The normalized spacial score (nSPS) is 13.5. The maximum Gasteiger partial charge on any atom is 0.237 e. The topological polar surface area (TPSA) is 71.2 Å². The largest absolute Gasteiger partial charge is 0.397 e. The van der Waals surface area contributed by atoms with Crippen LogP contribution in [0.3, 0.4) is 0 Å². The van der Waals surface area contributed by atoms with Gasteiger partial charge in [0.05, 0.1) is 24.0 Å². The fourth-order valence-corrected chi connectivity index (χ4v) is 2.40. The van der Waals surface area contributed by atoms with E-state index >= 15 is 0 Å². The molecular weight excluding hydrogens is 252 g/mol. The van der Waals surface area contributed by atoms with E-state index in [1.165, 1.54) is 0 Å². The summed E-state index contributed by atoms with van der Waals surface area (Å²) in [6, 6.07) is 7.74. The van der Waals surface area contributed by atoms with E-state index in [9.17, 15) is 4.79 Å². The highest BCUT2D eigenvalue weighted by Crippen LogP contribution is 2.36. The molecule has 0 fully saturated rings. The standard InChI is InChI=1S/C15H16N4O/c1-9-5-14(18-8-12(9)16)19-13-4-3-11(17-2)6-10(13)7-15(19)20/h3-6,8,17H,7,16H2,1-2H3. The van der Waals surface area contributed by atoms with Crippen LogP contribution in [-0.4, -0.2) is 17.9 Å². The first-order valence-corrected chi connectivity index (χ1v) is 6.46. The summed E-state index contributed by atoms with van der Waals surface area (Å²) in [4.78, 5) is 18.2. The summed E-state index contributed by atoms with van der Waals surface area (Å²) in [6.45, 7) is 1.91. The van der Waals surface area contributed by atoms with Crippen molar-refractivity contribution >= 4 is 28.8 Å². The Labute approximate surface area is 117 Å². The maximum absolute atomic E-state index is 12.3. The Morgan fingerprint density at radius 3 is 2.85 bits per heavy atom. The second-order valence-corrected chi connectivity index (χ2v) is 4.90. The van der Waals surface area contributed by atoms with Crippen molar-refractivity contribution in [3.8, 4) is 0 Å². The van der Waals surface area contributed by atoms with Crippen LogP contribution in [0, 0.1) is 6.92 Å². The average Bonchev–Trinajstić information content (AvgIpc) is 2.76. The van der Waals surface area contributed by atoms with Crippen molar-refractivity contribution in [1.82, 2.24) is 4.98 Å². The highest BCUT2D eigenvalue weighted by atomic mass is 16.2. The van der Waals surface area contributed by atoms with Gasteiger partial charge in [0.1, 0.15) is 5.82 Å². The van der Waals surface area contributed by atoms with Crippen LogP contribution in [0.5, 0.6) is 0 Å². The molecule has 1 aromatic carbocycles. The molecule has 5 heteroatoms. The molecule has 0 bridgehead atoms. The zero-order valence-electron chi connectivity index (χ0n) is 11.5. The van der Waals surface area contributed by atoms with Gasteiger partial charge in [0.15, 0.2) is 0 Å². The van der Waals surface area contributed by atoms with Gasteiger partial charge >= 0.3 is 0 Å². The fraction of sp³-hybridized carbons (Fsp3) is 0.200. The molecule has 0 spiro atoms. The third kappa shape index (κ3) is 1.87. The predicted molar refractivity (Wildman–Crippen MR) is 80.2 cm³/mol. The smallest absolute Gasteiger partial charge is 0.237 e. The van der Waals surface area contributed by atoms with Gasteiger partial charge in [0.2, 0.25) is 5.91 Å². The van der Waals surface area contributed by atoms with Gasteiger partial charge in [-0.05, 0) is 42.3 Å². The molecule has 3 N–H and O–H groups in total. The SMILES string of the molecule is CNc1ccc2c(c1)CC(=O)N2c1cc(C)c(N)cn1. The minimum Gasteiger partial charge on any atom is -0.397 e. The van der Waals surface area contributed by atoms with Crippen molar-refractivity contribution in [1.29, 1.82) is 0 Å².